The van der Waals surface area contributed by atoms with Gasteiger partial charge in [-0.2, -0.15) is 0 Å². The summed E-state index contributed by atoms with van der Waals surface area (Å²) < 4.78 is 0. The first kappa shape index (κ1) is 34.9. The number of aliphatic hydroxyl groups excluding tert-OH is 1. The molecule has 7 unspecified atom stereocenters. The lowest BCUT2D eigenvalue weighted by atomic mass is 10.2. The van der Waals surface area contributed by atoms with E-state index in [0.717, 1.165) is 21.2 Å². The molecular formula is C13H32BrNO2P6S2. The molecule has 0 radical (unpaired) electrons. The third-order valence-corrected chi connectivity index (χ3v) is 27.2. The van der Waals surface area contributed by atoms with E-state index in [0.29, 0.717) is 6.42 Å². The zero-order valence-corrected chi connectivity index (χ0v) is 25.0. The summed E-state index contributed by atoms with van der Waals surface area (Å²) >= 11 is 12.2. The maximum atomic E-state index is 10.5. The maximum Gasteiger partial charge on any atom is 0.145 e. The van der Waals surface area contributed by atoms with Crippen molar-refractivity contribution < 1.29 is 9.90 Å². The molecule has 0 aromatic rings. The molecule has 7 atom stereocenters. The molecule has 12 heteroatoms. The number of rotatable bonds is 6. The highest BCUT2D eigenvalue weighted by Gasteiger charge is 2.12. The molecule has 0 amide bonds. The molecule has 0 fully saturated rings. The molecule has 0 spiro atoms. The van der Waals surface area contributed by atoms with Gasteiger partial charge in [0.1, 0.15) is 5.78 Å². The molecule has 0 bridgehead atoms. The minimum atomic E-state index is -0.167. The van der Waals surface area contributed by atoms with Gasteiger partial charge in [-0.25, -0.2) is 0 Å². The molecule has 0 aliphatic rings. The predicted molar refractivity (Wildman–Crippen MR) is 146 cm³/mol. The molecule has 3 nitrogen and oxygen atoms in total. The van der Waals surface area contributed by atoms with Gasteiger partial charge >= 0.3 is 0 Å². The average molecular weight is 564 g/mol. The van der Waals surface area contributed by atoms with Crippen molar-refractivity contribution in [2.24, 2.45) is 0 Å². The van der Waals surface area contributed by atoms with Crippen LogP contribution in [0.2, 0.25) is 0 Å². The molecule has 0 saturated heterocycles. The number of hydrogen-bond acceptors (Lipinski definition) is 4. The van der Waals surface area contributed by atoms with Crippen LogP contribution in [0.1, 0.15) is 41.0 Å². The number of aliphatic hydroxyl groups is 1. The van der Waals surface area contributed by atoms with E-state index in [1.165, 1.54) is 0 Å². The van der Waals surface area contributed by atoms with Crippen LogP contribution in [0.25, 0.3) is 0 Å². The molecule has 0 heterocycles. The summed E-state index contributed by atoms with van der Waals surface area (Å²) in [6.45, 7) is 14.5. The lowest BCUT2D eigenvalue weighted by Gasteiger charge is -2.22. The van der Waals surface area contributed by atoms with Crippen molar-refractivity contribution in [2.45, 2.75) is 52.0 Å². The van der Waals surface area contributed by atoms with Crippen molar-refractivity contribution in [2.75, 3.05) is 6.66 Å². The monoisotopic (exact) mass is 563 g/mol. The summed E-state index contributed by atoms with van der Waals surface area (Å²) in [6, 6.07) is 0. The van der Waals surface area contributed by atoms with Gasteiger partial charge in [-0.1, -0.05) is 56.3 Å². The molecule has 0 aliphatic carbocycles. The first-order valence-electron chi connectivity index (χ1n) is 7.19. The molecule has 0 saturated carbocycles. The Bertz CT molecular complexity index is 370. The summed E-state index contributed by atoms with van der Waals surface area (Å²) in [5.41, 5.74) is 0. The number of carbonyl (C=O) groups is 1. The van der Waals surface area contributed by atoms with Crippen molar-refractivity contribution in [3.8, 4) is 0 Å². The number of carbonyl (C=O) groups excluding carboxylic acids is 1. The second-order valence-corrected chi connectivity index (χ2v) is 25.2. The lowest BCUT2D eigenvalue weighted by molar-refractivity contribution is -0.117. The van der Waals surface area contributed by atoms with Gasteiger partial charge in [0.2, 0.25) is 0 Å². The van der Waals surface area contributed by atoms with Gasteiger partial charge in [-0.3, -0.25) is 4.79 Å². The lowest BCUT2D eigenvalue weighted by Crippen LogP contribution is -2.06. The highest BCUT2D eigenvalue weighted by Crippen LogP contribution is 2.89. The average Bonchev–Trinajstić information content (AvgIpc) is 2.51. The standard InChI is InChI=1S/C5H9BrO.C3H13NP6S.C3H8O.C2H2S/c1-3-5(7)4(2)6;1-3(11)4-9(8-5)10(6)7-2;1-3(2)4;1-2-3/h4H,3H2,1-2H3;7-8H,5-6H2,1-2H3,(H,4,11);3-4H,1-2H3;1H2. The van der Waals surface area contributed by atoms with E-state index in [2.05, 4.69) is 69.4 Å². The van der Waals surface area contributed by atoms with Crippen molar-refractivity contribution >= 4 is 105 Å². The molecule has 150 valence electrons. The Kier molecular flexibility index (Phi) is 36.9. The highest BCUT2D eigenvalue weighted by atomic mass is 79.9. The van der Waals surface area contributed by atoms with Crippen molar-refractivity contribution in [3.63, 3.8) is 0 Å². The van der Waals surface area contributed by atoms with Gasteiger partial charge in [-0.15, -0.1) is 17.9 Å². The van der Waals surface area contributed by atoms with Crippen LogP contribution < -0.4 is 5.09 Å². The van der Waals surface area contributed by atoms with Crippen LogP contribution in [-0.4, -0.2) is 38.5 Å². The molecule has 0 aliphatic heterocycles. The Morgan fingerprint density at radius 2 is 1.84 bits per heavy atom. The summed E-state index contributed by atoms with van der Waals surface area (Å²) in [5, 5.41) is 13.5. The topological polar surface area (TPSA) is 49.3 Å². The van der Waals surface area contributed by atoms with E-state index in [1.807, 2.05) is 20.8 Å². The van der Waals surface area contributed by atoms with E-state index in [9.17, 15) is 4.79 Å². The van der Waals surface area contributed by atoms with Crippen LogP contribution in [-0.2, 0) is 4.79 Å². The zero-order chi connectivity index (χ0) is 21.0. The van der Waals surface area contributed by atoms with E-state index in [4.69, 9.17) is 17.3 Å². The van der Waals surface area contributed by atoms with E-state index < -0.39 is 0 Å². The van der Waals surface area contributed by atoms with Crippen LogP contribution >= 0.6 is 88.9 Å². The Hall–Kier alpha value is 2.45. The number of thiocarbonyl (C=S) groups is 2. The van der Waals surface area contributed by atoms with Gasteiger partial charge in [0.25, 0.3) is 0 Å². The third kappa shape index (κ3) is 37.8. The summed E-state index contributed by atoms with van der Waals surface area (Å²) in [7, 11) is 7.74. The van der Waals surface area contributed by atoms with E-state index >= 15 is 0 Å². The molecular weight excluding hydrogens is 532 g/mol. The van der Waals surface area contributed by atoms with Crippen LogP contribution in [0.5, 0.6) is 0 Å². The number of alkyl halides is 1. The SMILES string of the molecule is C=C=S.CC(C)O.CCC(=O)C(C)Br.CPP(P)P(NC(C)=S)PP. The Morgan fingerprint density at radius 3 is 1.96 bits per heavy atom. The Balaban J connectivity index is -0.000000135. The number of hydrogen-bond donors (Lipinski definition) is 2. The maximum absolute atomic E-state index is 10.5. The van der Waals surface area contributed by atoms with Gasteiger partial charge in [0.15, 0.2) is 0 Å². The van der Waals surface area contributed by atoms with Crippen LogP contribution in [0, 0.1) is 0 Å². The fourth-order valence-corrected chi connectivity index (χ4v) is 25.6. The number of Topliss-reactive ketones (excluding diaryl/α,β-unsaturated/α-hetero) is 1. The Labute approximate surface area is 184 Å². The fraction of sp³-hybridized carbons (Fsp3) is 0.692. The van der Waals surface area contributed by atoms with Crippen LogP contribution in [0.4, 0.5) is 0 Å². The number of halogens is 1. The summed E-state index contributed by atoms with van der Waals surface area (Å²) in [6.07, 6.45) is 0.465. The van der Waals surface area contributed by atoms with Gasteiger partial charge in [0.05, 0.1) is 9.82 Å². The minimum absolute atomic E-state index is 0.0195. The Morgan fingerprint density at radius 1 is 1.48 bits per heavy atom. The molecule has 25 heavy (non-hydrogen) atoms. The van der Waals surface area contributed by atoms with Gasteiger partial charge in [-0.05, 0) is 60.1 Å². The number of ketones is 1. The largest absolute Gasteiger partial charge is 0.394 e. The van der Waals surface area contributed by atoms with Crippen molar-refractivity contribution in [1.29, 1.82) is 0 Å². The van der Waals surface area contributed by atoms with Crippen molar-refractivity contribution in [3.05, 3.63) is 6.58 Å². The quantitative estimate of drug-likeness (QED) is 0.206. The normalized spacial score (nSPS) is 13.4. The molecule has 0 rings (SSSR count). The first-order valence-corrected chi connectivity index (χ1v) is 19.9. The van der Waals surface area contributed by atoms with Gasteiger partial charge in [0, 0.05) is 20.0 Å². The highest BCUT2D eigenvalue weighted by molar-refractivity contribution is 9.10. The first-order chi connectivity index (χ1) is 11.4. The predicted octanol–water partition coefficient (Wildman–Crippen LogP) is 7.02. The second-order valence-electron chi connectivity index (χ2n) is 4.35. The molecule has 0 aromatic heterocycles. The summed E-state index contributed by atoms with van der Waals surface area (Å²) in [5.74, 6) is 0.264. The third-order valence-electron chi connectivity index (χ3n) is 1.62. The van der Waals surface area contributed by atoms with Crippen LogP contribution in [0.15, 0.2) is 6.58 Å². The summed E-state index contributed by atoms with van der Waals surface area (Å²) in [4.78, 5) is 11.4. The second kappa shape index (κ2) is 26.4. The van der Waals surface area contributed by atoms with E-state index in [1.54, 1.807) is 13.8 Å². The molecule has 2 N–H and O–H groups in total. The zero-order valence-electron chi connectivity index (χ0n) is 15.7. The number of nitrogens with one attached hydrogen (secondary N) is 1. The van der Waals surface area contributed by atoms with Gasteiger partial charge < -0.3 is 10.2 Å². The molecule has 0 aromatic carbocycles. The van der Waals surface area contributed by atoms with Crippen LogP contribution in [0.3, 0.4) is 0 Å². The minimum Gasteiger partial charge on any atom is -0.394 e. The fourth-order valence-electron chi connectivity index (χ4n) is 0.679. The van der Waals surface area contributed by atoms with E-state index in [-0.39, 0.29) is 31.2 Å². The smallest absolute Gasteiger partial charge is 0.145 e. The van der Waals surface area contributed by atoms with Crippen molar-refractivity contribution in [1.82, 2.24) is 5.09 Å².